The van der Waals surface area contributed by atoms with Crippen LogP contribution >= 0.6 is 0 Å². The standard InChI is InChI=1S/C13H23N3O2/c1-11(2)18-8-4-6-15-10-13(17)16-7-3-5-12(16)9-14/h11-12,15H,3-8,10H2,1-2H3/t12-/m0/s1. The zero-order valence-electron chi connectivity index (χ0n) is 11.3. The summed E-state index contributed by atoms with van der Waals surface area (Å²) in [7, 11) is 0. The van der Waals surface area contributed by atoms with Gasteiger partial charge in [-0.3, -0.25) is 4.79 Å². The number of ether oxygens (including phenoxy) is 1. The highest BCUT2D eigenvalue weighted by molar-refractivity contribution is 5.79. The first-order chi connectivity index (χ1) is 8.65. The minimum absolute atomic E-state index is 0.0313. The van der Waals surface area contributed by atoms with E-state index in [1.54, 1.807) is 4.90 Å². The SMILES string of the molecule is CC(C)OCCCNCC(=O)N1CCC[C@H]1C#N. The minimum Gasteiger partial charge on any atom is -0.379 e. The highest BCUT2D eigenvalue weighted by Gasteiger charge is 2.27. The number of amides is 1. The molecule has 0 aromatic carbocycles. The molecule has 1 aliphatic rings. The van der Waals surface area contributed by atoms with E-state index >= 15 is 0 Å². The molecule has 5 heteroatoms. The Kier molecular flexibility index (Phi) is 6.69. The van der Waals surface area contributed by atoms with Crippen molar-refractivity contribution in [2.75, 3.05) is 26.2 Å². The predicted molar refractivity (Wildman–Crippen MR) is 68.9 cm³/mol. The molecule has 1 saturated heterocycles. The van der Waals surface area contributed by atoms with E-state index in [2.05, 4.69) is 11.4 Å². The maximum absolute atomic E-state index is 11.8. The molecule has 1 N–H and O–H groups in total. The summed E-state index contributed by atoms with van der Waals surface area (Å²) in [5, 5.41) is 12.0. The molecule has 0 unspecified atom stereocenters. The van der Waals surface area contributed by atoms with Crippen LogP contribution in [0.15, 0.2) is 0 Å². The summed E-state index contributed by atoms with van der Waals surface area (Å²) in [4.78, 5) is 13.5. The van der Waals surface area contributed by atoms with Crippen molar-refractivity contribution in [3.8, 4) is 6.07 Å². The number of nitrogens with zero attached hydrogens (tertiary/aromatic N) is 2. The number of carbonyl (C=O) groups is 1. The smallest absolute Gasteiger partial charge is 0.237 e. The number of nitrogens with one attached hydrogen (secondary N) is 1. The van der Waals surface area contributed by atoms with Gasteiger partial charge in [0, 0.05) is 13.2 Å². The molecule has 18 heavy (non-hydrogen) atoms. The molecule has 5 nitrogen and oxygen atoms in total. The Labute approximate surface area is 109 Å². The zero-order valence-corrected chi connectivity index (χ0v) is 11.3. The van der Waals surface area contributed by atoms with Crippen LogP contribution in [0.1, 0.15) is 33.1 Å². The lowest BCUT2D eigenvalue weighted by atomic mass is 10.2. The Bertz CT molecular complexity index is 299. The summed E-state index contributed by atoms with van der Waals surface area (Å²) in [5.74, 6) is 0.0313. The van der Waals surface area contributed by atoms with Gasteiger partial charge in [0.15, 0.2) is 0 Å². The third-order valence-electron chi connectivity index (χ3n) is 2.95. The van der Waals surface area contributed by atoms with Gasteiger partial charge in [-0.25, -0.2) is 0 Å². The summed E-state index contributed by atoms with van der Waals surface area (Å²) < 4.78 is 5.40. The lowest BCUT2D eigenvalue weighted by molar-refractivity contribution is -0.130. The number of rotatable bonds is 7. The summed E-state index contributed by atoms with van der Waals surface area (Å²) in [6.07, 6.45) is 2.90. The number of hydrogen-bond acceptors (Lipinski definition) is 4. The van der Waals surface area contributed by atoms with Crippen molar-refractivity contribution in [1.82, 2.24) is 10.2 Å². The maximum atomic E-state index is 11.8. The molecule has 1 amide bonds. The van der Waals surface area contributed by atoms with Gasteiger partial charge < -0.3 is 15.0 Å². The Morgan fingerprint density at radius 1 is 1.61 bits per heavy atom. The third kappa shape index (κ3) is 5.03. The number of hydrogen-bond donors (Lipinski definition) is 1. The zero-order chi connectivity index (χ0) is 13.4. The van der Waals surface area contributed by atoms with Crippen molar-refractivity contribution in [3.05, 3.63) is 0 Å². The summed E-state index contributed by atoms with van der Waals surface area (Å²) in [5.41, 5.74) is 0. The van der Waals surface area contributed by atoms with E-state index in [-0.39, 0.29) is 18.1 Å². The third-order valence-corrected chi connectivity index (χ3v) is 2.95. The van der Waals surface area contributed by atoms with E-state index < -0.39 is 0 Å². The molecular formula is C13H23N3O2. The average molecular weight is 253 g/mol. The molecule has 0 aromatic rings. The molecule has 1 atom stereocenters. The predicted octanol–water partition coefficient (Wildman–Crippen LogP) is 0.906. The van der Waals surface area contributed by atoms with Crippen molar-refractivity contribution < 1.29 is 9.53 Å². The number of carbonyl (C=O) groups excluding carboxylic acids is 1. The second-order valence-corrected chi connectivity index (χ2v) is 4.82. The molecule has 102 valence electrons. The molecule has 0 spiro atoms. The first kappa shape index (κ1) is 14.9. The van der Waals surface area contributed by atoms with Gasteiger partial charge in [-0.05, 0) is 39.7 Å². The quantitative estimate of drug-likeness (QED) is 0.685. The first-order valence-electron chi connectivity index (χ1n) is 6.66. The fourth-order valence-electron chi connectivity index (χ4n) is 2.01. The second-order valence-electron chi connectivity index (χ2n) is 4.82. The summed E-state index contributed by atoms with van der Waals surface area (Å²) in [6, 6.07) is 1.96. The van der Waals surface area contributed by atoms with E-state index in [0.29, 0.717) is 13.2 Å². The lowest BCUT2D eigenvalue weighted by Gasteiger charge is -2.19. The van der Waals surface area contributed by atoms with Crippen molar-refractivity contribution in [2.24, 2.45) is 0 Å². The molecule has 1 fully saturated rings. The number of nitriles is 1. The topological polar surface area (TPSA) is 65.4 Å². The van der Waals surface area contributed by atoms with Gasteiger partial charge in [-0.15, -0.1) is 0 Å². The largest absolute Gasteiger partial charge is 0.379 e. The maximum Gasteiger partial charge on any atom is 0.237 e. The molecule has 0 saturated carbocycles. The summed E-state index contributed by atoms with van der Waals surface area (Å²) in [6.45, 7) is 6.53. The Morgan fingerprint density at radius 2 is 2.39 bits per heavy atom. The molecule has 0 aromatic heterocycles. The van der Waals surface area contributed by atoms with Crippen molar-refractivity contribution in [3.63, 3.8) is 0 Å². The van der Waals surface area contributed by atoms with Crippen LogP contribution in [0, 0.1) is 11.3 Å². The number of likely N-dealkylation sites (tertiary alicyclic amines) is 1. The van der Waals surface area contributed by atoms with Crippen molar-refractivity contribution in [2.45, 2.75) is 45.3 Å². The van der Waals surface area contributed by atoms with Crippen LogP contribution in [0.2, 0.25) is 0 Å². The molecule has 0 aliphatic carbocycles. The van der Waals surface area contributed by atoms with E-state index in [0.717, 1.165) is 32.4 Å². The van der Waals surface area contributed by atoms with Crippen LogP contribution in [0.25, 0.3) is 0 Å². The van der Waals surface area contributed by atoms with E-state index in [4.69, 9.17) is 10.00 Å². The second kappa shape index (κ2) is 8.06. The van der Waals surface area contributed by atoms with Gasteiger partial charge in [0.25, 0.3) is 0 Å². The van der Waals surface area contributed by atoms with E-state index in [9.17, 15) is 4.79 Å². The Hall–Kier alpha value is -1.12. The molecular weight excluding hydrogens is 230 g/mol. The van der Waals surface area contributed by atoms with Gasteiger partial charge in [0.2, 0.25) is 5.91 Å². The Balaban J connectivity index is 2.09. The van der Waals surface area contributed by atoms with E-state index in [1.165, 1.54) is 0 Å². The minimum atomic E-state index is -0.219. The Morgan fingerprint density at radius 3 is 3.06 bits per heavy atom. The van der Waals surface area contributed by atoms with Gasteiger partial charge in [0.1, 0.15) is 6.04 Å². The van der Waals surface area contributed by atoms with Crippen LogP contribution in [0.5, 0.6) is 0 Å². The first-order valence-corrected chi connectivity index (χ1v) is 6.66. The highest BCUT2D eigenvalue weighted by Crippen LogP contribution is 2.15. The van der Waals surface area contributed by atoms with Crippen molar-refractivity contribution in [1.29, 1.82) is 5.26 Å². The molecule has 1 heterocycles. The summed E-state index contributed by atoms with van der Waals surface area (Å²) >= 11 is 0. The van der Waals surface area contributed by atoms with Crippen molar-refractivity contribution >= 4 is 5.91 Å². The molecule has 1 aliphatic heterocycles. The molecule has 1 rings (SSSR count). The van der Waals surface area contributed by atoms with Crippen LogP contribution in [-0.4, -0.2) is 49.2 Å². The van der Waals surface area contributed by atoms with Gasteiger partial charge >= 0.3 is 0 Å². The highest BCUT2D eigenvalue weighted by atomic mass is 16.5. The fraction of sp³-hybridized carbons (Fsp3) is 0.846. The van der Waals surface area contributed by atoms with Crippen LogP contribution < -0.4 is 5.32 Å². The molecule has 0 radical (unpaired) electrons. The van der Waals surface area contributed by atoms with Crippen LogP contribution in [0.4, 0.5) is 0 Å². The average Bonchev–Trinajstić information content (AvgIpc) is 2.81. The fourth-order valence-corrected chi connectivity index (χ4v) is 2.01. The normalized spacial score (nSPS) is 19.2. The van der Waals surface area contributed by atoms with Gasteiger partial charge in [-0.2, -0.15) is 5.26 Å². The van der Waals surface area contributed by atoms with E-state index in [1.807, 2.05) is 13.8 Å². The van der Waals surface area contributed by atoms with Crippen LogP contribution in [0.3, 0.4) is 0 Å². The van der Waals surface area contributed by atoms with Gasteiger partial charge in [0.05, 0.1) is 18.7 Å². The molecule has 0 bridgehead atoms. The van der Waals surface area contributed by atoms with Gasteiger partial charge in [-0.1, -0.05) is 0 Å². The lowest BCUT2D eigenvalue weighted by Crippen LogP contribution is -2.40. The van der Waals surface area contributed by atoms with Crippen LogP contribution in [-0.2, 0) is 9.53 Å². The monoisotopic (exact) mass is 253 g/mol.